The summed E-state index contributed by atoms with van der Waals surface area (Å²) in [5.74, 6) is 1.46. The summed E-state index contributed by atoms with van der Waals surface area (Å²) in [6.07, 6.45) is -0.261. The lowest BCUT2D eigenvalue weighted by Crippen LogP contribution is -2.28. The summed E-state index contributed by atoms with van der Waals surface area (Å²) in [4.78, 5) is 0. The smallest absolute Gasteiger partial charge is 0.202 e. The van der Waals surface area contributed by atoms with Crippen LogP contribution in [0.15, 0.2) is 24.3 Å². The van der Waals surface area contributed by atoms with Crippen molar-refractivity contribution in [2.75, 3.05) is 6.61 Å². The molecule has 0 fully saturated rings. The number of halogens is 1. The third kappa shape index (κ3) is 5.05. The van der Waals surface area contributed by atoms with E-state index in [9.17, 15) is 4.39 Å². The van der Waals surface area contributed by atoms with Gasteiger partial charge in [-0.25, -0.2) is 4.39 Å². The molecule has 102 valence electrons. The summed E-state index contributed by atoms with van der Waals surface area (Å²) in [5, 5.41) is 0. The van der Waals surface area contributed by atoms with Gasteiger partial charge in [0.25, 0.3) is 0 Å². The highest BCUT2D eigenvalue weighted by Crippen LogP contribution is 2.18. The van der Waals surface area contributed by atoms with Crippen molar-refractivity contribution in [3.05, 3.63) is 29.8 Å². The zero-order chi connectivity index (χ0) is 13.5. The Morgan fingerprint density at radius 2 is 1.67 bits per heavy atom. The number of benzene rings is 1. The van der Waals surface area contributed by atoms with E-state index in [0.717, 1.165) is 5.75 Å². The Kier molecular flexibility index (Phi) is 6.13. The highest BCUT2D eigenvalue weighted by molar-refractivity contribution is 5.26. The average Bonchev–Trinajstić information content (AvgIpc) is 2.34. The molecule has 0 radical (unpaired) electrons. The van der Waals surface area contributed by atoms with Gasteiger partial charge in [-0.3, -0.25) is 0 Å². The van der Waals surface area contributed by atoms with Gasteiger partial charge in [0.05, 0.1) is 6.61 Å². The van der Waals surface area contributed by atoms with Crippen molar-refractivity contribution in [3.63, 3.8) is 0 Å². The number of hydrogen-bond donors (Lipinski definition) is 0. The zero-order valence-corrected chi connectivity index (χ0v) is 11.7. The SMILES string of the molecule is CC(C)COC(Oc1ccc(CF)cc1)C(C)C. The summed E-state index contributed by atoms with van der Waals surface area (Å²) in [6.45, 7) is 8.55. The van der Waals surface area contributed by atoms with E-state index in [1.807, 2.05) is 0 Å². The summed E-state index contributed by atoms with van der Waals surface area (Å²) >= 11 is 0. The van der Waals surface area contributed by atoms with E-state index in [2.05, 4.69) is 27.7 Å². The molecule has 0 saturated carbocycles. The molecule has 0 amide bonds. The lowest BCUT2D eigenvalue weighted by molar-refractivity contribution is -0.115. The Bertz CT molecular complexity index is 333. The van der Waals surface area contributed by atoms with E-state index in [1.54, 1.807) is 24.3 Å². The van der Waals surface area contributed by atoms with E-state index >= 15 is 0 Å². The molecule has 0 saturated heterocycles. The summed E-state index contributed by atoms with van der Waals surface area (Å²) in [7, 11) is 0. The molecule has 1 aromatic rings. The van der Waals surface area contributed by atoms with Crippen LogP contribution in [0.3, 0.4) is 0 Å². The van der Waals surface area contributed by atoms with Crippen molar-refractivity contribution in [3.8, 4) is 5.75 Å². The first kappa shape index (κ1) is 15.0. The molecule has 1 unspecified atom stereocenters. The van der Waals surface area contributed by atoms with Crippen molar-refractivity contribution in [1.82, 2.24) is 0 Å². The summed E-state index contributed by atoms with van der Waals surface area (Å²) < 4.78 is 23.9. The van der Waals surface area contributed by atoms with Gasteiger partial charge in [0, 0.05) is 5.92 Å². The van der Waals surface area contributed by atoms with Crippen LogP contribution in [0.25, 0.3) is 0 Å². The minimum absolute atomic E-state index is 0.261. The molecule has 0 heterocycles. The van der Waals surface area contributed by atoms with Crippen molar-refractivity contribution in [1.29, 1.82) is 0 Å². The standard InChI is InChI=1S/C15H23FO2/c1-11(2)10-17-15(12(3)4)18-14-7-5-13(9-16)6-8-14/h5-8,11-12,15H,9-10H2,1-4H3. The quantitative estimate of drug-likeness (QED) is 0.679. The van der Waals surface area contributed by atoms with Crippen molar-refractivity contribution in [2.45, 2.75) is 40.7 Å². The highest BCUT2D eigenvalue weighted by Gasteiger charge is 2.16. The Morgan fingerprint density at radius 3 is 2.11 bits per heavy atom. The molecule has 0 spiro atoms. The molecule has 0 aliphatic heterocycles. The maximum atomic E-state index is 12.4. The second kappa shape index (κ2) is 7.37. The van der Waals surface area contributed by atoms with Gasteiger partial charge >= 0.3 is 0 Å². The minimum Gasteiger partial charge on any atom is -0.465 e. The second-order valence-electron chi connectivity index (χ2n) is 5.24. The van der Waals surface area contributed by atoms with E-state index in [4.69, 9.17) is 9.47 Å². The van der Waals surface area contributed by atoms with Gasteiger partial charge in [-0.1, -0.05) is 39.8 Å². The largest absolute Gasteiger partial charge is 0.465 e. The normalized spacial score (nSPS) is 13.1. The van der Waals surface area contributed by atoms with Gasteiger partial charge in [-0.05, 0) is 23.6 Å². The van der Waals surface area contributed by atoms with Crippen LogP contribution in [0, 0.1) is 11.8 Å². The van der Waals surface area contributed by atoms with Crippen LogP contribution < -0.4 is 4.74 Å². The van der Waals surface area contributed by atoms with Gasteiger partial charge in [0.15, 0.2) is 0 Å². The van der Waals surface area contributed by atoms with E-state index in [1.165, 1.54) is 0 Å². The molecule has 1 rings (SSSR count). The zero-order valence-electron chi connectivity index (χ0n) is 11.7. The molecule has 0 bridgehead atoms. The van der Waals surface area contributed by atoms with E-state index < -0.39 is 6.67 Å². The molecule has 18 heavy (non-hydrogen) atoms. The van der Waals surface area contributed by atoms with Crippen LogP contribution in [0.4, 0.5) is 4.39 Å². The summed E-state index contributed by atoms with van der Waals surface area (Å²) in [5.41, 5.74) is 0.659. The third-order valence-electron chi connectivity index (χ3n) is 2.47. The van der Waals surface area contributed by atoms with Crippen LogP contribution in [0.1, 0.15) is 33.3 Å². The molecule has 1 aromatic carbocycles. The van der Waals surface area contributed by atoms with Crippen LogP contribution in [0.2, 0.25) is 0 Å². The van der Waals surface area contributed by atoms with Crippen LogP contribution >= 0.6 is 0 Å². The Hall–Kier alpha value is -1.09. The van der Waals surface area contributed by atoms with Gasteiger partial charge in [-0.2, -0.15) is 0 Å². The van der Waals surface area contributed by atoms with Gasteiger partial charge < -0.3 is 9.47 Å². The molecule has 0 aromatic heterocycles. The number of rotatable bonds is 7. The first-order chi connectivity index (χ1) is 8.52. The predicted molar refractivity (Wildman–Crippen MR) is 71.3 cm³/mol. The molecule has 0 aliphatic rings. The predicted octanol–water partition coefficient (Wildman–Crippen LogP) is 4.19. The fourth-order valence-corrected chi connectivity index (χ4v) is 1.44. The van der Waals surface area contributed by atoms with Crippen molar-refractivity contribution < 1.29 is 13.9 Å². The molecular formula is C15H23FO2. The lowest BCUT2D eigenvalue weighted by Gasteiger charge is -2.23. The Morgan fingerprint density at radius 1 is 1.06 bits per heavy atom. The van der Waals surface area contributed by atoms with Crippen LogP contribution in [-0.4, -0.2) is 12.9 Å². The highest BCUT2D eigenvalue weighted by atomic mass is 19.1. The number of hydrogen-bond acceptors (Lipinski definition) is 2. The fourth-order valence-electron chi connectivity index (χ4n) is 1.44. The molecule has 3 heteroatoms. The molecule has 2 nitrogen and oxygen atoms in total. The lowest BCUT2D eigenvalue weighted by atomic mass is 10.2. The van der Waals surface area contributed by atoms with E-state index in [-0.39, 0.29) is 12.2 Å². The first-order valence-corrected chi connectivity index (χ1v) is 6.46. The summed E-state index contributed by atoms with van der Waals surface area (Å²) in [6, 6.07) is 7.02. The maximum absolute atomic E-state index is 12.4. The first-order valence-electron chi connectivity index (χ1n) is 6.46. The van der Waals surface area contributed by atoms with E-state index in [0.29, 0.717) is 18.1 Å². The van der Waals surface area contributed by atoms with Gasteiger partial charge in [-0.15, -0.1) is 0 Å². The third-order valence-corrected chi connectivity index (χ3v) is 2.47. The van der Waals surface area contributed by atoms with Crippen molar-refractivity contribution in [2.24, 2.45) is 11.8 Å². The van der Waals surface area contributed by atoms with Crippen LogP contribution in [-0.2, 0) is 11.4 Å². The Labute approximate surface area is 109 Å². The molecule has 1 atom stereocenters. The minimum atomic E-state index is -0.447. The maximum Gasteiger partial charge on any atom is 0.202 e. The number of ether oxygens (including phenoxy) is 2. The van der Waals surface area contributed by atoms with Gasteiger partial charge in [0.2, 0.25) is 6.29 Å². The van der Waals surface area contributed by atoms with Crippen molar-refractivity contribution >= 4 is 0 Å². The monoisotopic (exact) mass is 254 g/mol. The molecular weight excluding hydrogens is 231 g/mol. The average molecular weight is 254 g/mol. The molecule has 0 aliphatic carbocycles. The van der Waals surface area contributed by atoms with Gasteiger partial charge in [0.1, 0.15) is 12.4 Å². The second-order valence-corrected chi connectivity index (χ2v) is 5.24. The van der Waals surface area contributed by atoms with Crippen LogP contribution in [0.5, 0.6) is 5.75 Å². The molecule has 0 N–H and O–H groups in total. The topological polar surface area (TPSA) is 18.5 Å². The number of alkyl halides is 1. The Balaban J connectivity index is 2.58. The fraction of sp³-hybridized carbons (Fsp3) is 0.600.